The number of amidine groups is 1. The van der Waals surface area contributed by atoms with Crippen molar-refractivity contribution in [2.24, 2.45) is 16.8 Å². The molecule has 18 heavy (non-hydrogen) atoms. The number of benzene rings is 1. The van der Waals surface area contributed by atoms with Crippen LogP contribution in [0.3, 0.4) is 0 Å². The van der Waals surface area contributed by atoms with E-state index in [4.69, 9.17) is 27.6 Å². The summed E-state index contributed by atoms with van der Waals surface area (Å²) in [4.78, 5) is 2.14. The quantitative estimate of drug-likeness (QED) is 0.334. The molecule has 1 saturated heterocycles. The number of aliphatic hydroxyl groups is 1. The normalized spacial score (nSPS) is 20.4. The fourth-order valence-electron chi connectivity index (χ4n) is 2.18. The van der Waals surface area contributed by atoms with Gasteiger partial charge in [0.2, 0.25) is 0 Å². The smallest absolute Gasteiger partial charge is 0.170 e. The van der Waals surface area contributed by atoms with Crippen LogP contribution in [0.4, 0.5) is 5.69 Å². The van der Waals surface area contributed by atoms with E-state index in [-0.39, 0.29) is 12.4 Å². The number of oxime groups is 1. The number of aliphatic hydroxyl groups excluding tert-OH is 1. The van der Waals surface area contributed by atoms with Crippen LogP contribution in [0.2, 0.25) is 5.02 Å². The maximum absolute atomic E-state index is 9.13. The summed E-state index contributed by atoms with van der Waals surface area (Å²) in [6.45, 7) is 1.89. The van der Waals surface area contributed by atoms with Gasteiger partial charge in [-0.25, -0.2) is 0 Å². The van der Waals surface area contributed by atoms with Gasteiger partial charge in [0.25, 0.3) is 0 Å². The Bertz CT molecular complexity index is 465. The van der Waals surface area contributed by atoms with Crippen molar-refractivity contribution in [1.82, 2.24) is 0 Å². The molecule has 1 aliphatic rings. The summed E-state index contributed by atoms with van der Waals surface area (Å²) in [5.41, 5.74) is 7.01. The third-order valence-electron chi connectivity index (χ3n) is 3.24. The van der Waals surface area contributed by atoms with Crippen molar-refractivity contribution in [2.75, 3.05) is 24.6 Å². The van der Waals surface area contributed by atoms with Crippen molar-refractivity contribution in [3.63, 3.8) is 0 Å². The molecule has 1 unspecified atom stereocenters. The Kier molecular flexibility index (Phi) is 3.93. The Labute approximate surface area is 110 Å². The van der Waals surface area contributed by atoms with Crippen molar-refractivity contribution < 1.29 is 10.3 Å². The zero-order valence-electron chi connectivity index (χ0n) is 9.88. The predicted octanol–water partition coefficient (Wildman–Crippen LogP) is 1.25. The molecule has 1 heterocycles. The third kappa shape index (κ3) is 2.52. The first-order chi connectivity index (χ1) is 8.65. The van der Waals surface area contributed by atoms with E-state index in [9.17, 15) is 0 Å². The fraction of sp³-hybridized carbons (Fsp3) is 0.417. The second kappa shape index (κ2) is 5.46. The van der Waals surface area contributed by atoms with Crippen molar-refractivity contribution in [1.29, 1.82) is 0 Å². The molecule has 1 atom stereocenters. The number of hydrogen-bond donors (Lipinski definition) is 3. The van der Waals surface area contributed by atoms with Gasteiger partial charge in [-0.1, -0.05) is 16.8 Å². The summed E-state index contributed by atoms with van der Waals surface area (Å²) in [5.74, 6) is 0.350. The van der Waals surface area contributed by atoms with Crippen LogP contribution in [-0.2, 0) is 0 Å². The molecule has 1 aliphatic heterocycles. The van der Waals surface area contributed by atoms with Crippen LogP contribution < -0.4 is 10.6 Å². The zero-order chi connectivity index (χ0) is 13.1. The summed E-state index contributed by atoms with van der Waals surface area (Å²) in [6, 6.07) is 5.30. The van der Waals surface area contributed by atoms with E-state index in [1.54, 1.807) is 12.1 Å². The summed E-state index contributed by atoms with van der Waals surface area (Å²) >= 11 is 6.21. The largest absolute Gasteiger partial charge is 0.409 e. The van der Waals surface area contributed by atoms with E-state index in [0.717, 1.165) is 25.2 Å². The molecule has 0 amide bonds. The molecule has 6 heteroatoms. The maximum Gasteiger partial charge on any atom is 0.170 e. The lowest BCUT2D eigenvalue weighted by atomic mass is 10.1. The highest BCUT2D eigenvalue weighted by atomic mass is 35.5. The molecule has 98 valence electrons. The van der Waals surface area contributed by atoms with Gasteiger partial charge in [0.15, 0.2) is 5.84 Å². The molecule has 4 N–H and O–H groups in total. The maximum atomic E-state index is 9.13. The molecule has 0 aromatic heterocycles. The first-order valence-electron chi connectivity index (χ1n) is 5.79. The highest BCUT2D eigenvalue weighted by Gasteiger charge is 2.23. The number of anilines is 1. The first kappa shape index (κ1) is 13.0. The van der Waals surface area contributed by atoms with Crippen molar-refractivity contribution in [3.8, 4) is 0 Å². The van der Waals surface area contributed by atoms with E-state index in [1.165, 1.54) is 0 Å². The van der Waals surface area contributed by atoms with E-state index in [2.05, 4.69) is 10.1 Å². The molecule has 1 fully saturated rings. The van der Waals surface area contributed by atoms with Crippen LogP contribution in [0.1, 0.15) is 12.0 Å². The van der Waals surface area contributed by atoms with E-state index in [0.29, 0.717) is 16.5 Å². The molecule has 0 aliphatic carbocycles. The Balaban J connectivity index is 2.20. The monoisotopic (exact) mass is 269 g/mol. The summed E-state index contributed by atoms with van der Waals surface area (Å²) < 4.78 is 0. The van der Waals surface area contributed by atoms with Crippen LogP contribution in [0, 0.1) is 5.92 Å². The first-order valence-corrected chi connectivity index (χ1v) is 6.16. The average molecular weight is 270 g/mol. The second-order valence-corrected chi connectivity index (χ2v) is 4.84. The molecular weight excluding hydrogens is 254 g/mol. The number of nitrogens with zero attached hydrogens (tertiary/aromatic N) is 2. The number of hydrogen-bond acceptors (Lipinski definition) is 4. The Morgan fingerprint density at radius 3 is 2.89 bits per heavy atom. The molecule has 0 bridgehead atoms. The summed E-state index contributed by atoms with van der Waals surface area (Å²) in [5, 5.41) is 21.2. The predicted molar refractivity (Wildman–Crippen MR) is 71.4 cm³/mol. The molecule has 5 nitrogen and oxygen atoms in total. The van der Waals surface area contributed by atoms with E-state index >= 15 is 0 Å². The zero-order valence-corrected chi connectivity index (χ0v) is 10.6. The van der Waals surface area contributed by atoms with Gasteiger partial charge in [-0.15, -0.1) is 0 Å². The number of nitrogens with two attached hydrogens (primary N) is 1. The van der Waals surface area contributed by atoms with Crippen LogP contribution in [0.25, 0.3) is 0 Å². The topological polar surface area (TPSA) is 82.1 Å². The average Bonchev–Trinajstić information content (AvgIpc) is 2.86. The minimum absolute atomic E-state index is 0.0399. The van der Waals surface area contributed by atoms with Crippen molar-refractivity contribution >= 4 is 23.1 Å². The lowest BCUT2D eigenvalue weighted by Gasteiger charge is -2.20. The van der Waals surface area contributed by atoms with E-state index in [1.807, 2.05) is 6.07 Å². The molecule has 1 aromatic rings. The Morgan fingerprint density at radius 2 is 2.33 bits per heavy atom. The van der Waals surface area contributed by atoms with Gasteiger partial charge < -0.3 is 20.9 Å². The standard InChI is InChI=1S/C12H16ClN3O2/c13-10-5-9(12(14)15-18)1-2-11(10)16-4-3-8(6-16)7-17/h1-2,5,8,17-18H,3-4,6-7H2,(H2,14,15). The van der Waals surface area contributed by atoms with Gasteiger partial charge in [-0.3, -0.25) is 0 Å². The van der Waals surface area contributed by atoms with E-state index < -0.39 is 0 Å². The molecule has 2 rings (SSSR count). The summed E-state index contributed by atoms with van der Waals surface area (Å²) in [7, 11) is 0. The molecular formula is C12H16ClN3O2. The Hall–Kier alpha value is -1.46. The minimum atomic E-state index is 0.0399. The van der Waals surface area contributed by atoms with Gasteiger partial charge >= 0.3 is 0 Å². The van der Waals surface area contributed by atoms with Gasteiger partial charge in [-0.2, -0.15) is 0 Å². The summed E-state index contributed by atoms with van der Waals surface area (Å²) in [6.07, 6.45) is 0.967. The molecule has 0 saturated carbocycles. The SMILES string of the molecule is N/C(=N/O)c1ccc(N2CCC(CO)C2)c(Cl)c1. The lowest BCUT2D eigenvalue weighted by Crippen LogP contribution is -2.21. The van der Waals surface area contributed by atoms with Crippen LogP contribution in [0.5, 0.6) is 0 Å². The number of rotatable bonds is 3. The van der Waals surface area contributed by atoms with Gasteiger partial charge in [-0.05, 0) is 24.6 Å². The van der Waals surface area contributed by atoms with Crippen molar-refractivity contribution in [2.45, 2.75) is 6.42 Å². The Morgan fingerprint density at radius 1 is 1.56 bits per heavy atom. The molecule has 1 aromatic carbocycles. The van der Waals surface area contributed by atoms with Crippen LogP contribution in [0.15, 0.2) is 23.4 Å². The van der Waals surface area contributed by atoms with Gasteiger partial charge in [0, 0.05) is 31.2 Å². The highest BCUT2D eigenvalue weighted by molar-refractivity contribution is 6.33. The van der Waals surface area contributed by atoms with Gasteiger partial charge in [0.05, 0.1) is 10.7 Å². The van der Waals surface area contributed by atoms with Gasteiger partial charge in [0.1, 0.15) is 0 Å². The second-order valence-electron chi connectivity index (χ2n) is 4.43. The highest BCUT2D eigenvalue weighted by Crippen LogP contribution is 2.31. The molecule has 0 radical (unpaired) electrons. The third-order valence-corrected chi connectivity index (χ3v) is 3.54. The number of halogens is 1. The van der Waals surface area contributed by atoms with Crippen molar-refractivity contribution in [3.05, 3.63) is 28.8 Å². The fourth-order valence-corrected chi connectivity index (χ4v) is 2.48. The minimum Gasteiger partial charge on any atom is -0.409 e. The lowest BCUT2D eigenvalue weighted by molar-refractivity contribution is 0.238. The molecule has 0 spiro atoms. The van der Waals surface area contributed by atoms with Crippen LogP contribution in [-0.4, -0.2) is 35.8 Å². The van der Waals surface area contributed by atoms with Crippen LogP contribution >= 0.6 is 11.6 Å².